The highest BCUT2D eigenvalue weighted by molar-refractivity contribution is 5.95. The number of nitrogens with zero attached hydrogens (tertiary/aromatic N) is 3. The summed E-state index contributed by atoms with van der Waals surface area (Å²) >= 11 is 0. The highest BCUT2D eigenvalue weighted by Crippen LogP contribution is 1.95. The van der Waals surface area contributed by atoms with Gasteiger partial charge in [0.25, 0.3) is 0 Å². The molecule has 1 aromatic carbocycles. The molecule has 2 aromatic rings. The lowest BCUT2D eigenvalue weighted by atomic mass is 10.2. The maximum Gasteiger partial charge on any atom is 0.171 e. The van der Waals surface area contributed by atoms with Crippen molar-refractivity contribution in [3.8, 4) is 0 Å². The standard InChI is InChI=1S/C13H12N4/c14-13(12-8-4-5-9-15-12)17-16-10-11-6-2-1-3-7-11/h1-10H,(H2,14,17). The minimum atomic E-state index is 0.304. The van der Waals surface area contributed by atoms with Crippen molar-refractivity contribution in [2.45, 2.75) is 0 Å². The second-order valence-corrected chi connectivity index (χ2v) is 3.36. The van der Waals surface area contributed by atoms with Gasteiger partial charge in [0.2, 0.25) is 0 Å². The first kappa shape index (κ1) is 11.0. The van der Waals surface area contributed by atoms with E-state index in [0.29, 0.717) is 11.5 Å². The van der Waals surface area contributed by atoms with Crippen LogP contribution in [0.25, 0.3) is 0 Å². The number of rotatable bonds is 3. The summed E-state index contributed by atoms with van der Waals surface area (Å²) in [6.07, 6.45) is 3.31. The molecule has 0 aliphatic carbocycles. The van der Waals surface area contributed by atoms with Crippen molar-refractivity contribution < 1.29 is 0 Å². The van der Waals surface area contributed by atoms with Gasteiger partial charge in [-0.3, -0.25) is 4.98 Å². The second-order valence-electron chi connectivity index (χ2n) is 3.36. The summed E-state index contributed by atoms with van der Waals surface area (Å²) in [5.74, 6) is 0.304. The van der Waals surface area contributed by atoms with Crippen molar-refractivity contribution in [3.63, 3.8) is 0 Å². The van der Waals surface area contributed by atoms with E-state index in [1.165, 1.54) is 0 Å². The summed E-state index contributed by atoms with van der Waals surface area (Å²) in [6, 6.07) is 15.2. The number of benzene rings is 1. The van der Waals surface area contributed by atoms with Crippen LogP contribution in [0.3, 0.4) is 0 Å². The Morgan fingerprint density at radius 2 is 1.82 bits per heavy atom. The van der Waals surface area contributed by atoms with Crippen LogP contribution in [0.15, 0.2) is 64.9 Å². The highest BCUT2D eigenvalue weighted by atomic mass is 15.2. The molecule has 1 aromatic heterocycles. The molecule has 84 valence electrons. The molecule has 0 saturated carbocycles. The molecule has 0 aliphatic heterocycles. The normalized spacial score (nSPS) is 11.9. The van der Waals surface area contributed by atoms with E-state index >= 15 is 0 Å². The molecule has 0 amide bonds. The van der Waals surface area contributed by atoms with Crippen LogP contribution in [-0.4, -0.2) is 17.0 Å². The Hall–Kier alpha value is -2.49. The van der Waals surface area contributed by atoms with Crippen molar-refractivity contribution in [1.82, 2.24) is 4.98 Å². The fraction of sp³-hybridized carbons (Fsp3) is 0. The molecule has 0 bridgehead atoms. The summed E-state index contributed by atoms with van der Waals surface area (Å²) in [5, 5.41) is 7.81. The highest BCUT2D eigenvalue weighted by Gasteiger charge is 1.96. The minimum absolute atomic E-state index is 0.304. The van der Waals surface area contributed by atoms with Gasteiger partial charge in [-0.25, -0.2) is 0 Å². The van der Waals surface area contributed by atoms with E-state index in [4.69, 9.17) is 5.73 Å². The van der Waals surface area contributed by atoms with Crippen LogP contribution >= 0.6 is 0 Å². The zero-order valence-corrected chi connectivity index (χ0v) is 9.19. The summed E-state index contributed by atoms with van der Waals surface area (Å²) < 4.78 is 0. The fourth-order valence-electron chi connectivity index (χ4n) is 1.26. The number of amidine groups is 1. The van der Waals surface area contributed by atoms with Gasteiger partial charge in [-0.15, -0.1) is 5.10 Å². The van der Waals surface area contributed by atoms with Gasteiger partial charge >= 0.3 is 0 Å². The molecule has 0 unspecified atom stereocenters. The van der Waals surface area contributed by atoms with E-state index in [-0.39, 0.29) is 0 Å². The molecule has 0 fully saturated rings. The Bertz CT molecular complexity index is 518. The van der Waals surface area contributed by atoms with Crippen LogP contribution in [0.1, 0.15) is 11.3 Å². The van der Waals surface area contributed by atoms with Gasteiger partial charge in [0.05, 0.1) is 6.21 Å². The first-order chi connectivity index (χ1) is 8.36. The Balaban J connectivity index is 2.09. The fourth-order valence-corrected chi connectivity index (χ4v) is 1.26. The van der Waals surface area contributed by atoms with Gasteiger partial charge in [-0.05, 0) is 17.7 Å². The molecule has 4 heteroatoms. The molecule has 0 aliphatic rings. The Morgan fingerprint density at radius 3 is 2.53 bits per heavy atom. The predicted octanol–water partition coefficient (Wildman–Crippen LogP) is 1.82. The largest absolute Gasteiger partial charge is 0.380 e. The van der Waals surface area contributed by atoms with E-state index < -0.39 is 0 Å². The van der Waals surface area contributed by atoms with Crippen LogP contribution in [0.4, 0.5) is 0 Å². The van der Waals surface area contributed by atoms with Crippen LogP contribution in [0.2, 0.25) is 0 Å². The molecule has 0 atom stereocenters. The lowest BCUT2D eigenvalue weighted by Gasteiger charge is -1.95. The molecule has 2 rings (SSSR count). The Morgan fingerprint density at radius 1 is 1.06 bits per heavy atom. The van der Waals surface area contributed by atoms with E-state index in [1.807, 2.05) is 42.5 Å². The van der Waals surface area contributed by atoms with Gasteiger partial charge in [0.15, 0.2) is 5.84 Å². The average molecular weight is 224 g/mol. The number of aromatic nitrogens is 1. The van der Waals surface area contributed by atoms with E-state index in [0.717, 1.165) is 5.56 Å². The third-order valence-electron chi connectivity index (χ3n) is 2.10. The monoisotopic (exact) mass is 224 g/mol. The molecule has 1 heterocycles. The van der Waals surface area contributed by atoms with Gasteiger partial charge in [-0.2, -0.15) is 5.10 Å². The summed E-state index contributed by atoms with van der Waals surface area (Å²) in [5.41, 5.74) is 7.33. The van der Waals surface area contributed by atoms with E-state index in [2.05, 4.69) is 15.2 Å². The molecule has 4 nitrogen and oxygen atoms in total. The van der Waals surface area contributed by atoms with Crippen LogP contribution in [0.5, 0.6) is 0 Å². The number of pyridine rings is 1. The molecule has 2 N–H and O–H groups in total. The van der Waals surface area contributed by atoms with E-state index in [9.17, 15) is 0 Å². The first-order valence-electron chi connectivity index (χ1n) is 5.19. The second kappa shape index (κ2) is 5.55. The van der Waals surface area contributed by atoms with E-state index in [1.54, 1.807) is 18.5 Å². The van der Waals surface area contributed by atoms with Gasteiger partial charge in [0.1, 0.15) is 5.69 Å². The lowest BCUT2D eigenvalue weighted by molar-refractivity contribution is 1.20. The third kappa shape index (κ3) is 3.24. The molecular formula is C13H12N4. The van der Waals surface area contributed by atoms with Crippen molar-refractivity contribution in [3.05, 3.63) is 66.0 Å². The molecular weight excluding hydrogens is 212 g/mol. The zero-order chi connectivity index (χ0) is 11.9. The number of hydrogen-bond donors (Lipinski definition) is 1. The first-order valence-corrected chi connectivity index (χ1v) is 5.19. The summed E-state index contributed by atoms with van der Waals surface area (Å²) in [6.45, 7) is 0. The summed E-state index contributed by atoms with van der Waals surface area (Å²) in [7, 11) is 0. The van der Waals surface area contributed by atoms with Crippen LogP contribution in [0, 0.1) is 0 Å². The Labute approximate surface area is 99.5 Å². The van der Waals surface area contributed by atoms with Gasteiger partial charge in [0, 0.05) is 6.20 Å². The quantitative estimate of drug-likeness (QED) is 0.491. The van der Waals surface area contributed by atoms with Crippen LogP contribution in [-0.2, 0) is 0 Å². The summed E-state index contributed by atoms with van der Waals surface area (Å²) in [4.78, 5) is 4.07. The average Bonchev–Trinajstić information content (AvgIpc) is 2.41. The maximum atomic E-state index is 5.73. The molecule has 0 saturated heterocycles. The lowest BCUT2D eigenvalue weighted by Crippen LogP contribution is -2.14. The van der Waals surface area contributed by atoms with Gasteiger partial charge in [-0.1, -0.05) is 36.4 Å². The third-order valence-corrected chi connectivity index (χ3v) is 2.10. The van der Waals surface area contributed by atoms with Crippen LogP contribution < -0.4 is 5.73 Å². The maximum absolute atomic E-state index is 5.73. The minimum Gasteiger partial charge on any atom is -0.380 e. The number of nitrogens with two attached hydrogens (primary N) is 1. The number of hydrogen-bond acceptors (Lipinski definition) is 3. The molecule has 0 spiro atoms. The molecule has 0 radical (unpaired) electrons. The Kier molecular flexibility index (Phi) is 3.60. The van der Waals surface area contributed by atoms with Crippen molar-refractivity contribution >= 4 is 12.1 Å². The zero-order valence-electron chi connectivity index (χ0n) is 9.19. The van der Waals surface area contributed by atoms with Crippen molar-refractivity contribution in [2.24, 2.45) is 15.9 Å². The SMILES string of the molecule is NC(=NN=Cc1ccccc1)c1ccccn1. The van der Waals surface area contributed by atoms with Crippen molar-refractivity contribution in [1.29, 1.82) is 0 Å². The smallest absolute Gasteiger partial charge is 0.171 e. The predicted molar refractivity (Wildman–Crippen MR) is 69.0 cm³/mol. The molecule has 17 heavy (non-hydrogen) atoms. The van der Waals surface area contributed by atoms with Gasteiger partial charge < -0.3 is 5.73 Å². The topological polar surface area (TPSA) is 63.6 Å². The van der Waals surface area contributed by atoms with Crippen molar-refractivity contribution in [2.75, 3.05) is 0 Å².